The number of likely N-dealkylation sites (tertiary alicyclic amines) is 1. The number of nitrogens with zero attached hydrogens (tertiary/aromatic N) is 2. The zero-order valence-corrected chi connectivity index (χ0v) is 14.5. The van der Waals surface area contributed by atoms with Crippen LogP contribution < -0.4 is 0 Å². The zero-order chi connectivity index (χ0) is 17.0. The van der Waals surface area contributed by atoms with Crippen molar-refractivity contribution in [1.29, 1.82) is 0 Å². The molecule has 1 aromatic rings. The van der Waals surface area contributed by atoms with Crippen molar-refractivity contribution in [2.24, 2.45) is 5.92 Å². The third-order valence-corrected chi connectivity index (χ3v) is 6.19. The van der Waals surface area contributed by atoms with E-state index in [0.29, 0.717) is 12.5 Å². The standard InChI is InChI=1S/C16H25FN2O3S/c1-13-7-9-19(10-8-13)12-14(20)11-18(2)23(21,22)16-6-4-3-5-15(16)17/h3-6,13-14,20H,7-12H2,1-2H3. The van der Waals surface area contributed by atoms with Crippen LogP contribution in [0, 0.1) is 11.7 Å². The Morgan fingerprint density at radius 3 is 2.57 bits per heavy atom. The lowest BCUT2D eigenvalue weighted by molar-refractivity contribution is 0.0812. The maximum atomic E-state index is 13.7. The number of hydrogen-bond donors (Lipinski definition) is 1. The van der Waals surface area contributed by atoms with E-state index >= 15 is 0 Å². The predicted octanol–water partition coefficient (Wildman–Crippen LogP) is 1.54. The second kappa shape index (κ2) is 7.70. The fraction of sp³-hybridized carbons (Fsp3) is 0.625. The molecule has 23 heavy (non-hydrogen) atoms. The van der Waals surface area contributed by atoms with Crippen molar-refractivity contribution < 1.29 is 17.9 Å². The lowest BCUT2D eigenvalue weighted by Crippen LogP contribution is -2.43. The summed E-state index contributed by atoms with van der Waals surface area (Å²) in [6.45, 7) is 4.43. The van der Waals surface area contributed by atoms with Gasteiger partial charge in [-0.15, -0.1) is 0 Å². The summed E-state index contributed by atoms with van der Waals surface area (Å²) in [5, 5.41) is 10.2. The molecule has 1 aliphatic rings. The van der Waals surface area contributed by atoms with Gasteiger partial charge in [0.05, 0.1) is 6.10 Å². The molecule has 0 bridgehead atoms. The van der Waals surface area contributed by atoms with Gasteiger partial charge in [0.25, 0.3) is 0 Å². The molecule has 0 spiro atoms. The number of hydrogen-bond acceptors (Lipinski definition) is 4. The number of sulfonamides is 1. The monoisotopic (exact) mass is 344 g/mol. The van der Waals surface area contributed by atoms with Crippen LogP contribution in [0.4, 0.5) is 4.39 Å². The van der Waals surface area contributed by atoms with Gasteiger partial charge in [-0.2, -0.15) is 4.31 Å². The van der Waals surface area contributed by atoms with Gasteiger partial charge in [0.1, 0.15) is 10.7 Å². The van der Waals surface area contributed by atoms with Crippen molar-refractivity contribution in [1.82, 2.24) is 9.21 Å². The molecule has 2 rings (SSSR count). The summed E-state index contributed by atoms with van der Waals surface area (Å²) in [6, 6.07) is 5.28. The summed E-state index contributed by atoms with van der Waals surface area (Å²) in [5.41, 5.74) is 0. The molecule has 0 aliphatic carbocycles. The Bertz CT molecular complexity index is 616. The topological polar surface area (TPSA) is 60.9 Å². The number of β-amino-alcohol motifs (C(OH)–C–C–N with tert-alkyl or cyclic N) is 1. The Morgan fingerprint density at radius 1 is 1.35 bits per heavy atom. The molecule has 1 saturated heterocycles. The van der Waals surface area contributed by atoms with Crippen LogP contribution in [0.3, 0.4) is 0 Å². The number of piperidine rings is 1. The summed E-state index contributed by atoms with van der Waals surface area (Å²) in [7, 11) is -2.57. The highest BCUT2D eigenvalue weighted by atomic mass is 32.2. The van der Waals surface area contributed by atoms with Crippen LogP contribution in [-0.2, 0) is 10.0 Å². The molecule has 1 aliphatic heterocycles. The van der Waals surface area contributed by atoms with Gasteiger partial charge in [0.15, 0.2) is 0 Å². The van der Waals surface area contributed by atoms with E-state index in [-0.39, 0.29) is 11.4 Å². The maximum absolute atomic E-state index is 13.7. The second-order valence-electron chi connectivity index (χ2n) is 6.35. The Morgan fingerprint density at radius 2 is 1.96 bits per heavy atom. The van der Waals surface area contributed by atoms with Gasteiger partial charge in [-0.1, -0.05) is 19.1 Å². The van der Waals surface area contributed by atoms with E-state index < -0.39 is 21.9 Å². The third-order valence-electron chi connectivity index (χ3n) is 4.34. The molecule has 7 heteroatoms. The molecule has 0 amide bonds. The fourth-order valence-electron chi connectivity index (χ4n) is 2.82. The predicted molar refractivity (Wildman–Crippen MR) is 87.1 cm³/mol. The first-order valence-corrected chi connectivity index (χ1v) is 9.36. The molecule has 1 unspecified atom stereocenters. The number of benzene rings is 1. The smallest absolute Gasteiger partial charge is 0.245 e. The first-order valence-electron chi connectivity index (χ1n) is 7.92. The number of rotatable bonds is 6. The summed E-state index contributed by atoms with van der Waals surface area (Å²) in [5.74, 6) is -0.0774. The summed E-state index contributed by atoms with van der Waals surface area (Å²) >= 11 is 0. The van der Waals surface area contributed by atoms with Gasteiger partial charge in [0, 0.05) is 20.1 Å². The van der Waals surface area contributed by atoms with E-state index in [0.717, 1.165) is 36.3 Å². The Balaban J connectivity index is 1.95. The molecule has 130 valence electrons. The molecule has 0 aromatic heterocycles. The fourth-order valence-corrected chi connectivity index (χ4v) is 4.09. The van der Waals surface area contributed by atoms with Crippen molar-refractivity contribution in [2.75, 3.05) is 33.2 Å². The molecule has 1 aromatic carbocycles. The van der Waals surface area contributed by atoms with Crippen LogP contribution in [0.1, 0.15) is 19.8 Å². The Labute approximate surface area is 137 Å². The Kier molecular flexibility index (Phi) is 6.13. The average Bonchev–Trinajstić information content (AvgIpc) is 2.49. The molecule has 1 atom stereocenters. The van der Waals surface area contributed by atoms with Crippen molar-refractivity contribution in [3.05, 3.63) is 30.1 Å². The second-order valence-corrected chi connectivity index (χ2v) is 8.37. The highest BCUT2D eigenvalue weighted by Gasteiger charge is 2.27. The average molecular weight is 344 g/mol. The van der Waals surface area contributed by atoms with Crippen molar-refractivity contribution in [2.45, 2.75) is 30.8 Å². The lowest BCUT2D eigenvalue weighted by atomic mass is 9.99. The zero-order valence-electron chi connectivity index (χ0n) is 13.7. The minimum atomic E-state index is -3.93. The number of aliphatic hydroxyl groups excluding tert-OH is 1. The molecule has 0 radical (unpaired) electrons. The summed E-state index contributed by atoms with van der Waals surface area (Å²) in [4.78, 5) is 1.79. The van der Waals surface area contributed by atoms with Crippen molar-refractivity contribution in [3.63, 3.8) is 0 Å². The SMILES string of the molecule is CC1CCN(CC(O)CN(C)S(=O)(=O)c2ccccc2F)CC1. The quantitative estimate of drug-likeness (QED) is 0.850. The first kappa shape index (κ1) is 18.3. The van der Waals surface area contributed by atoms with Crippen LogP contribution in [0.25, 0.3) is 0 Å². The van der Waals surface area contributed by atoms with Crippen LogP contribution >= 0.6 is 0 Å². The summed E-state index contributed by atoms with van der Waals surface area (Å²) < 4.78 is 39.5. The van der Waals surface area contributed by atoms with Gasteiger partial charge >= 0.3 is 0 Å². The normalized spacial score (nSPS) is 19.2. The van der Waals surface area contributed by atoms with E-state index in [9.17, 15) is 17.9 Å². The van der Waals surface area contributed by atoms with Crippen LogP contribution in [0.2, 0.25) is 0 Å². The van der Waals surface area contributed by atoms with Crippen molar-refractivity contribution >= 4 is 10.0 Å². The number of halogens is 1. The lowest BCUT2D eigenvalue weighted by Gasteiger charge is -2.32. The summed E-state index contributed by atoms with van der Waals surface area (Å²) in [6.07, 6.45) is 1.39. The van der Waals surface area contributed by atoms with E-state index in [1.54, 1.807) is 0 Å². The molecule has 1 fully saturated rings. The largest absolute Gasteiger partial charge is 0.390 e. The van der Waals surface area contributed by atoms with Gasteiger partial charge in [-0.3, -0.25) is 0 Å². The molecule has 1 heterocycles. The van der Waals surface area contributed by atoms with E-state index in [1.165, 1.54) is 25.2 Å². The van der Waals surface area contributed by atoms with Gasteiger partial charge in [-0.05, 0) is 44.0 Å². The molecule has 0 saturated carbocycles. The molecular formula is C16H25FN2O3S. The number of likely N-dealkylation sites (N-methyl/N-ethyl adjacent to an activating group) is 1. The van der Waals surface area contributed by atoms with E-state index in [1.807, 2.05) is 0 Å². The van der Waals surface area contributed by atoms with E-state index in [4.69, 9.17) is 0 Å². The highest BCUT2D eigenvalue weighted by molar-refractivity contribution is 7.89. The van der Waals surface area contributed by atoms with Gasteiger partial charge < -0.3 is 10.0 Å². The molecule has 5 nitrogen and oxygen atoms in total. The van der Waals surface area contributed by atoms with Crippen LogP contribution in [0.15, 0.2) is 29.2 Å². The van der Waals surface area contributed by atoms with Gasteiger partial charge in [0.2, 0.25) is 10.0 Å². The van der Waals surface area contributed by atoms with Gasteiger partial charge in [-0.25, -0.2) is 12.8 Å². The third kappa shape index (κ3) is 4.73. The number of aliphatic hydroxyl groups is 1. The molecule has 1 N–H and O–H groups in total. The highest BCUT2D eigenvalue weighted by Crippen LogP contribution is 2.19. The van der Waals surface area contributed by atoms with E-state index in [2.05, 4.69) is 11.8 Å². The maximum Gasteiger partial charge on any atom is 0.245 e. The van der Waals surface area contributed by atoms with Crippen molar-refractivity contribution in [3.8, 4) is 0 Å². The molecular weight excluding hydrogens is 319 g/mol. The first-order chi connectivity index (χ1) is 10.8. The van der Waals surface area contributed by atoms with Crippen LogP contribution in [0.5, 0.6) is 0 Å². The van der Waals surface area contributed by atoms with Crippen LogP contribution in [-0.4, -0.2) is 62.1 Å². The minimum Gasteiger partial charge on any atom is -0.390 e. The minimum absolute atomic E-state index is 0.0529. The Hall–Kier alpha value is -1.02.